The maximum absolute atomic E-state index is 11.8. The van der Waals surface area contributed by atoms with E-state index in [1.165, 1.54) is 0 Å². The molecule has 0 rings (SSSR count). The Kier molecular flexibility index (Phi) is 5.48. The summed E-state index contributed by atoms with van der Waals surface area (Å²) in [7, 11) is 0. The number of hydrogen-bond donors (Lipinski definition) is 0. The van der Waals surface area contributed by atoms with Crippen LogP contribution in [0.2, 0.25) is 0 Å². The van der Waals surface area contributed by atoms with Gasteiger partial charge < -0.3 is 9.47 Å². The summed E-state index contributed by atoms with van der Waals surface area (Å²) in [5, 5.41) is 0. The zero-order valence-electron chi connectivity index (χ0n) is 11.0. The molecule has 16 heavy (non-hydrogen) atoms. The van der Waals surface area contributed by atoms with Crippen LogP contribution in [-0.4, -0.2) is 24.1 Å². The highest BCUT2D eigenvalue weighted by atomic mass is 16.6. The zero-order chi connectivity index (χ0) is 12.9. The lowest BCUT2D eigenvalue weighted by molar-refractivity contribution is -0.171. The Morgan fingerprint density at radius 2 is 1.62 bits per heavy atom. The van der Waals surface area contributed by atoms with Crippen molar-refractivity contribution in [3.63, 3.8) is 0 Å². The Morgan fingerprint density at radius 1 is 1.12 bits per heavy atom. The highest BCUT2D eigenvalue weighted by Crippen LogP contribution is 2.19. The number of rotatable bonds is 4. The summed E-state index contributed by atoms with van der Waals surface area (Å²) in [6, 6.07) is 0. The van der Waals surface area contributed by atoms with E-state index in [4.69, 9.17) is 9.47 Å². The summed E-state index contributed by atoms with van der Waals surface area (Å²) < 4.78 is 10.1. The number of carbonyl (C=O) groups is 2. The van der Waals surface area contributed by atoms with Crippen molar-refractivity contribution in [2.75, 3.05) is 6.61 Å². The minimum absolute atomic E-state index is 0.131. The van der Waals surface area contributed by atoms with Crippen molar-refractivity contribution in [2.45, 2.75) is 47.1 Å². The van der Waals surface area contributed by atoms with Crippen LogP contribution in [0.1, 0.15) is 41.5 Å². The van der Waals surface area contributed by atoms with E-state index >= 15 is 0 Å². The van der Waals surface area contributed by atoms with Crippen molar-refractivity contribution in [3.05, 3.63) is 0 Å². The Balaban J connectivity index is 4.67. The summed E-state index contributed by atoms with van der Waals surface area (Å²) in [4.78, 5) is 23.4. The molecule has 4 nitrogen and oxygen atoms in total. The molecule has 0 unspecified atom stereocenters. The zero-order valence-corrected chi connectivity index (χ0v) is 11.0. The molecule has 0 aromatic rings. The minimum Gasteiger partial charge on any atom is -0.465 e. The lowest BCUT2D eigenvalue weighted by atomic mass is 9.96. The molecule has 0 fully saturated rings. The van der Waals surface area contributed by atoms with E-state index in [2.05, 4.69) is 0 Å². The van der Waals surface area contributed by atoms with Crippen molar-refractivity contribution >= 4 is 11.9 Å². The van der Waals surface area contributed by atoms with Gasteiger partial charge in [-0.3, -0.25) is 9.59 Å². The molecule has 0 aliphatic heterocycles. The van der Waals surface area contributed by atoms with Crippen molar-refractivity contribution in [1.29, 1.82) is 0 Å². The molecule has 4 heteroatoms. The molecule has 0 spiro atoms. The summed E-state index contributed by atoms with van der Waals surface area (Å²) >= 11 is 0. The molecule has 0 heterocycles. The third-order valence-electron chi connectivity index (χ3n) is 1.87. The molecule has 0 aliphatic carbocycles. The van der Waals surface area contributed by atoms with Crippen LogP contribution in [0.4, 0.5) is 0 Å². The molecule has 0 saturated heterocycles. The van der Waals surface area contributed by atoms with E-state index in [0.717, 1.165) is 0 Å². The van der Waals surface area contributed by atoms with Crippen LogP contribution in [0.15, 0.2) is 0 Å². The Hall–Kier alpha value is -1.06. The van der Waals surface area contributed by atoms with Gasteiger partial charge in [0.25, 0.3) is 0 Å². The van der Waals surface area contributed by atoms with E-state index in [9.17, 15) is 9.59 Å². The summed E-state index contributed by atoms with van der Waals surface area (Å²) in [5.74, 6) is -1.99. The van der Waals surface area contributed by atoms with Gasteiger partial charge in [0.15, 0.2) is 5.92 Å². The smallest absolute Gasteiger partial charge is 0.321 e. The van der Waals surface area contributed by atoms with E-state index in [0.29, 0.717) is 0 Å². The molecular weight excluding hydrogens is 208 g/mol. The second-order valence-electron chi connectivity index (χ2n) is 5.01. The Labute approximate surface area is 97.3 Å². The van der Waals surface area contributed by atoms with Gasteiger partial charge in [0.05, 0.1) is 6.61 Å². The van der Waals surface area contributed by atoms with Gasteiger partial charge in [0.1, 0.15) is 5.60 Å². The maximum atomic E-state index is 11.8. The average molecular weight is 230 g/mol. The van der Waals surface area contributed by atoms with Gasteiger partial charge in [0, 0.05) is 0 Å². The first-order valence-electron chi connectivity index (χ1n) is 5.58. The molecule has 0 aromatic heterocycles. The normalized spacial score (nSPS) is 13.4. The van der Waals surface area contributed by atoms with Crippen LogP contribution >= 0.6 is 0 Å². The fraction of sp³-hybridized carbons (Fsp3) is 0.833. The van der Waals surface area contributed by atoms with Crippen molar-refractivity contribution in [3.8, 4) is 0 Å². The molecule has 94 valence electrons. The second kappa shape index (κ2) is 5.87. The highest BCUT2D eigenvalue weighted by molar-refractivity contribution is 5.95. The Bertz CT molecular complexity index is 250. The van der Waals surface area contributed by atoms with Gasteiger partial charge in [-0.2, -0.15) is 0 Å². The molecule has 0 radical (unpaired) electrons. The van der Waals surface area contributed by atoms with Crippen LogP contribution < -0.4 is 0 Å². The molecule has 0 amide bonds. The van der Waals surface area contributed by atoms with Gasteiger partial charge in [-0.05, 0) is 33.6 Å². The highest BCUT2D eigenvalue weighted by Gasteiger charge is 2.34. The van der Waals surface area contributed by atoms with Gasteiger partial charge in [0.2, 0.25) is 0 Å². The molecule has 0 saturated carbocycles. The number of carbonyl (C=O) groups excluding carboxylic acids is 2. The van der Waals surface area contributed by atoms with Crippen LogP contribution in [0, 0.1) is 11.8 Å². The molecule has 0 aliphatic rings. The number of esters is 2. The van der Waals surface area contributed by atoms with Crippen molar-refractivity contribution < 1.29 is 19.1 Å². The predicted octanol–water partition coefficient (Wildman–Crippen LogP) is 2.16. The van der Waals surface area contributed by atoms with Crippen LogP contribution in [-0.2, 0) is 19.1 Å². The van der Waals surface area contributed by atoms with Gasteiger partial charge in [-0.1, -0.05) is 13.8 Å². The third-order valence-corrected chi connectivity index (χ3v) is 1.87. The molecule has 1 atom stereocenters. The van der Waals surface area contributed by atoms with E-state index in [1.54, 1.807) is 41.5 Å². The van der Waals surface area contributed by atoms with Crippen molar-refractivity contribution in [2.24, 2.45) is 11.8 Å². The minimum atomic E-state index is -0.834. The van der Waals surface area contributed by atoms with Crippen LogP contribution in [0.25, 0.3) is 0 Å². The first-order valence-corrected chi connectivity index (χ1v) is 5.58. The molecular formula is C12H22O4. The first kappa shape index (κ1) is 14.9. The monoisotopic (exact) mass is 230 g/mol. The standard InChI is InChI=1S/C12H22O4/c1-7-15-10(13)9(8(2)3)11(14)16-12(4,5)6/h8-9H,7H2,1-6H3/t9-/m0/s1. The van der Waals surface area contributed by atoms with Gasteiger partial charge >= 0.3 is 11.9 Å². The summed E-state index contributed by atoms with van der Waals surface area (Å²) in [5.41, 5.74) is -0.587. The fourth-order valence-corrected chi connectivity index (χ4v) is 1.24. The van der Waals surface area contributed by atoms with E-state index in [1.807, 2.05) is 0 Å². The van der Waals surface area contributed by atoms with Crippen LogP contribution in [0.3, 0.4) is 0 Å². The second-order valence-corrected chi connectivity index (χ2v) is 5.01. The topological polar surface area (TPSA) is 52.6 Å². The SMILES string of the molecule is CCOC(=O)[C@@H](C(=O)OC(C)(C)C)C(C)C. The first-order chi connectivity index (χ1) is 7.19. The number of hydrogen-bond acceptors (Lipinski definition) is 4. The van der Waals surface area contributed by atoms with Gasteiger partial charge in [-0.15, -0.1) is 0 Å². The quantitative estimate of drug-likeness (QED) is 0.548. The van der Waals surface area contributed by atoms with E-state index < -0.39 is 23.5 Å². The lowest BCUT2D eigenvalue weighted by Gasteiger charge is -2.24. The van der Waals surface area contributed by atoms with E-state index in [-0.39, 0.29) is 12.5 Å². The molecule has 0 N–H and O–H groups in total. The van der Waals surface area contributed by atoms with Gasteiger partial charge in [-0.25, -0.2) is 0 Å². The lowest BCUT2D eigenvalue weighted by Crippen LogP contribution is -2.36. The maximum Gasteiger partial charge on any atom is 0.321 e. The average Bonchev–Trinajstić information content (AvgIpc) is 1.99. The summed E-state index contributed by atoms with van der Waals surface area (Å²) in [6.07, 6.45) is 0. The largest absolute Gasteiger partial charge is 0.465 e. The third kappa shape index (κ3) is 5.14. The molecule has 0 bridgehead atoms. The predicted molar refractivity (Wildman–Crippen MR) is 60.8 cm³/mol. The fourth-order valence-electron chi connectivity index (χ4n) is 1.24. The molecule has 0 aromatic carbocycles. The van der Waals surface area contributed by atoms with Crippen molar-refractivity contribution in [1.82, 2.24) is 0 Å². The number of ether oxygens (including phenoxy) is 2. The summed E-state index contributed by atoms with van der Waals surface area (Å²) in [6.45, 7) is 10.9. The van der Waals surface area contributed by atoms with Crippen LogP contribution in [0.5, 0.6) is 0 Å². The Morgan fingerprint density at radius 3 is 1.94 bits per heavy atom.